The zero-order valence-electron chi connectivity index (χ0n) is 11.3. The summed E-state index contributed by atoms with van der Waals surface area (Å²) in [6.45, 7) is 2.38. The van der Waals surface area contributed by atoms with E-state index in [1.54, 1.807) is 0 Å². The van der Waals surface area contributed by atoms with Gasteiger partial charge in [-0.3, -0.25) is 4.90 Å². The van der Waals surface area contributed by atoms with Crippen molar-refractivity contribution in [2.45, 2.75) is 63.2 Å². The number of rotatable bonds is 3. The van der Waals surface area contributed by atoms with Gasteiger partial charge < -0.3 is 5.73 Å². The summed E-state index contributed by atoms with van der Waals surface area (Å²) in [6.07, 6.45) is 6.29. The molecule has 0 aliphatic carbocycles. The molecule has 2 heterocycles. The molecule has 3 rings (SSSR count). The average molecular weight is 244 g/mol. The van der Waals surface area contributed by atoms with Crippen LogP contribution in [0.4, 0.5) is 0 Å². The monoisotopic (exact) mass is 244 g/mol. The van der Waals surface area contributed by atoms with E-state index in [2.05, 4.69) is 42.2 Å². The van der Waals surface area contributed by atoms with Crippen molar-refractivity contribution < 1.29 is 0 Å². The second kappa shape index (κ2) is 5.02. The second-order valence-electron chi connectivity index (χ2n) is 6.10. The van der Waals surface area contributed by atoms with Crippen molar-refractivity contribution in [2.24, 2.45) is 5.73 Å². The van der Waals surface area contributed by atoms with Gasteiger partial charge in [0, 0.05) is 24.2 Å². The molecule has 2 bridgehead atoms. The number of benzene rings is 1. The molecule has 0 saturated carbocycles. The molecule has 3 unspecified atom stereocenters. The third-order valence-electron chi connectivity index (χ3n) is 4.71. The van der Waals surface area contributed by atoms with Gasteiger partial charge in [-0.1, -0.05) is 30.3 Å². The molecule has 2 aliphatic heterocycles. The summed E-state index contributed by atoms with van der Waals surface area (Å²) in [6, 6.07) is 13.5. The van der Waals surface area contributed by atoms with Gasteiger partial charge in [-0.2, -0.15) is 0 Å². The Kier molecular flexibility index (Phi) is 3.40. The van der Waals surface area contributed by atoms with Crippen molar-refractivity contribution in [2.75, 3.05) is 0 Å². The van der Waals surface area contributed by atoms with Gasteiger partial charge in [-0.25, -0.2) is 0 Å². The van der Waals surface area contributed by atoms with Crippen molar-refractivity contribution in [1.82, 2.24) is 4.90 Å². The van der Waals surface area contributed by atoms with Crippen LogP contribution in [0.2, 0.25) is 0 Å². The summed E-state index contributed by atoms with van der Waals surface area (Å²) in [4.78, 5) is 2.76. The number of nitrogens with zero attached hydrogens (tertiary/aromatic N) is 1. The molecule has 1 aromatic carbocycles. The van der Waals surface area contributed by atoms with E-state index < -0.39 is 0 Å². The van der Waals surface area contributed by atoms with Crippen molar-refractivity contribution in [3.63, 3.8) is 0 Å². The number of piperidine rings is 1. The van der Waals surface area contributed by atoms with E-state index in [0.29, 0.717) is 12.1 Å². The lowest BCUT2D eigenvalue weighted by atomic mass is 9.94. The zero-order valence-corrected chi connectivity index (χ0v) is 11.3. The maximum atomic E-state index is 6.14. The van der Waals surface area contributed by atoms with Crippen LogP contribution in [-0.2, 0) is 6.42 Å². The second-order valence-corrected chi connectivity index (χ2v) is 6.10. The number of hydrogen-bond donors (Lipinski definition) is 1. The molecule has 1 aromatic rings. The summed E-state index contributed by atoms with van der Waals surface area (Å²) in [5.74, 6) is 0. The smallest absolute Gasteiger partial charge is 0.0116 e. The van der Waals surface area contributed by atoms with Crippen LogP contribution in [0.1, 0.15) is 38.2 Å². The molecule has 18 heavy (non-hydrogen) atoms. The minimum atomic E-state index is 0.447. The molecular weight excluding hydrogens is 220 g/mol. The molecule has 98 valence electrons. The standard InChI is InChI=1S/C16H24N2/c1-12(9-13-5-3-2-4-6-13)18-15-7-8-16(18)11-14(17)10-15/h2-6,12,14-16H,7-11,17H2,1H3. The third-order valence-corrected chi connectivity index (χ3v) is 4.71. The molecule has 2 heteroatoms. The first-order chi connectivity index (χ1) is 8.74. The number of hydrogen-bond acceptors (Lipinski definition) is 2. The van der Waals surface area contributed by atoms with E-state index in [0.717, 1.165) is 12.1 Å². The predicted octanol–water partition coefficient (Wildman–Crippen LogP) is 2.57. The Balaban J connectivity index is 1.68. The highest BCUT2D eigenvalue weighted by molar-refractivity contribution is 5.16. The lowest BCUT2D eigenvalue weighted by Crippen LogP contribution is -2.51. The van der Waals surface area contributed by atoms with Gasteiger partial charge in [0.05, 0.1) is 0 Å². The fourth-order valence-electron chi connectivity index (χ4n) is 4.04. The highest BCUT2D eigenvalue weighted by Crippen LogP contribution is 2.37. The first-order valence-corrected chi connectivity index (χ1v) is 7.31. The fourth-order valence-corrected chi connectivity index (χ4v) is 4.04. The van der Waals surface area contributed by atoms with E-state index in [4.69, 9.17) is 5.73 Å². The quantitative estimate of drug-likeness (QED) is 0.885. The molecule has 0 radical (unpaired) electrons. The van der Waals surface area contributed by atoms with Crippen molar-refractivity contribution in [3.8, 4) is 0 Å². The van der Waals surface area contributed by atoms with Crippen LogP contribution in [0.15, 0.2) is 30.3 Å². The molecule has 0 amide bonds. The molecule has 2 nitrogen and oxygen atoms in total. The SMILES string of the molecule is CC(Cc1ccccc1)N1C2CCC1CC(N)C2. The topological polar surface area (TPSA) is 29.3 Å². The van der Waals surface area contributed by atoms with E-state index in [9.17, 15) is 0 Å². The van der Waals surface area contributed by atoms with Crippen LogP contribution in [-0.4, -0.2) is 29.1 Å². The zero-order chi connectivity index (χ0) is 12.5. The highest BCUT2D eigenvalue weighted by Gasteiger charge is 2.41. The van der Waals surface area contributed by atoms with Gasteiger partial charge in [-0.15, -0.1) is 0 Å². The fraction of sp³-hybridized carbons (Fsp3) is 0.625. The summed E-state index contributed by atoms with van der Waals surface area (Å²) in [5.41, 5.74) is 7.60. The summed E-state index contributed by atoms with van der Waals surface area (Å²) in [7, 11) is 0. The molecule has 0 aromatic heterocycles. The van der Waals surface area contributed by atoms with Crippen molar-refractivity contribution in [3.05, 3.63) is 35.9 Å². The molecule has 0 spiro atoms. The molecule has 2 aliphatic rings. The lowest BCUT2D eigenvalue weighted by molar-refractivity contribution is 0.0855. The summed E-state index contributed by atoms with van der Waals surface area (Å²) in [5, 5.41) is 0. The minimum Gasteiger partial charge on any atom is -0.328 e. The Labute approximate surface area is 110 Å². The highest BCUT2D eigenvalue weighted by atomic mass is 15.2. The Morgan fingerprint density at radius 1 is 1.17 bits per heavy atom. The van der Waals surface area contributed by atoms with Crippen LogP contribution in [0, 0.1) is 0 Å². The Bertz CT molecular complexity index is 375. The Hall–Kier alpha value is -0.860. The van der Waals surface area contributed by atoms with Gasteiger partial charge in [0.1, 0.15) is 0 Å². The molecule has 2 fully saturated rings. The van der Waals surface area contributed by atoms with E-state index in [1.807, 2.05) is 0 Å². The van der Waals surface area contributed by atoms with E-state index in [-0.39, 0.29) is 0 Å². The van der Waals surface area contributed by atoms with Crippen LogP contribution in [0.5, 0.6) is 0 Å². The summed E-state index contributed by atoms with van der Waals surface area (Å²) >= 11 is 0. The van der Waals surface area contributed by atoms with Crippen LogP contribution >= 0.6 is 0 Å². The van der Waals surface area contributed by atoms with E-state index in [1.165, 1.54) is 37.7 Å². The van der Waals surface area contributed by atoms with Crippen LogP contribution in [0.3, 0.4) is 0 Å². The van der Waals surface area contributed by atoms with Gasteiger partial charge >= 0.3 is 0 Å². The Morgan fingerprint density at radius 2 is 1.78 bits per heavy atom. The molecule has 2 N–H and O–H groups in total. The lowest BCUT2D eigenvalue weighted by Gasteiger charge is -2.41. The van der Waals surface area contributed by atoms with Crippen LogP contribution < -0.4 is 5.73 Å². The van der Waals surface area contributed by atoms with Gasteiger partial charge in [-0.05, 0) is 44.6 Å². The Morgan fingerprint density at radius 3 is 2.39 bits per heavy atom. The van der Waals surface area contributed by atoms with E-state index >= 15 is 0 Å². The molecule has 3 atom stereocenters. The maximum Gasteiger partial charge on any atom is 0.0116 e. The first-order valence-electron chi connectivity index (χ1n) is 7.31. The first kappa shape index (κ1) is 12.2. The number of fused-ring (bicyclic) bond motifs is 2. The van der Waals surface area contributed by atoms with Crippen LogP contribution in [0.25, 0.3) is 0 Å². The van der Waals surface area contributed by atoms with Gasteiger partial charge in [0.15, 0.2) is 0 Å². The third kappa shape index (κ3) is 2.32. The van der Waals surface area contributed by atoms with Gasteiger partial charge in [0.25, 0.3) is 0 Å². The average Bonchev–Trinajstić information content (AvgIpc) is 2.63. The predicted molar refractivity (Wildman–Crippen MR) is 75.5 cm³/mol. The molecule has 2 saturated heterocycles. The minimum absolute atomic E-state index is 0.447. The summed E-state index contributed by atoms with van der Waals surface area (Å²) < 4.78 is 0. The normalized spacial score (nSPS) is 33.6. The van der Waals surface area contributed by atoms with Gasteiger partial charge in [0.2, 0.25) is 0 Å². The number of nitrogens with two attached hydrogens (primary N) is 1. The largest absolute Gasteiger partial charge is 0.328 e. The van der Waals surface area contributed by atoms with Crippen molar-refractivity contribution >= 4 is 0 Å². The molecular formula is C16H24N2. The maximum absolute atomic E-state index is 6.14. The van der Waals surface area contributed by atoms with Crippen molar-refractivity contribution in [1.29, 1.82) is 0 Å².